The molecule has 2 rings (SSSR count). The lowest BCUT2D eigenvalue weighted by Gasteiger charge is -2.19. The minimum absolute atomic E-state index is 0.0313. The Morgan fingerprint density at radius 1 is 1.58 bits per heavy atom. The zero-order chi connectivity index (χ0) is 14.0. The van der Waals surface area contributed by atoms with Crippen LogP contribution in [0.25, 0.3) is 0 Å². The zero-order valence-corrected chi connectivity index (χ0v) is 12.8. The molecule has 0 amide bonds. The lowest BCUT2D eigenvalue weighted by atomic mass is 10.1. The fraction of sp³-hybridized carbons (Fsp3) is 0.364. The number of thiophene rings is 1. The van der Waals surface area contributed by atoms with Crippen LogP contribution < -0.4 is 5.73 Å². The van der Waals surface area contributed by atoms with E-state index in [9.17, 15) is 4.79 Å². The maximum Gasteiger partial charge on any atom is 0.377 e. The van der Waals surface area contributed by atoms with Crippen molar-refractivity contribution in [2.75, 3.05) is 7.11 Å². The number of halogens is 1. The van der Waals surface area contributed by atoms with E-state index in [-0.39, 0.29) is 17.9 Å². The van der Waals surface area contributed by atoms with Crippen molar-refractivity contribution in [2.45, 2.75) is 19.0 Å². The maximum absolute atomic E-state index is 11.4. The van der Waals surface area contributed by atoms with Crippen LogP contribution in [0.4, 0.5) is 0 Å². The highest BCUT2D eigenvalue weighted by Gasteiger charge is 2.23. The summed E-state index contributed by atoms with van der Waals surface area (Å²) in [6.45, 7) is 1.89. The van der Waals surface area contributed by atoms with Crippen molar-refractivity contribution in [3.05, 3.63) is 32.9 Å². The monoisotopic (exact) mass is 344 g/mol. The molecule has 19 heavy (non-hydrogen) atoms. The highest BCUT2D eigenvalue weighted by molar-refractivity contribution is 9.11. The number of aromatic nitrogens is 3. The molecule has 2 heterocycles. The first-order valence-electron chi connectivity index (χ1n) is 5.53. The van der Waals surface area contributed by atoms with E-state index in [1.54, 1.807) is 16.0 Å². The van der Waals surface area contributed by atoms with Crippen LogP contribution in [0.15, 0.2) is 22.2 Å². The summed E-state index contributed by atoms with van der Waals surface area (Å²) in [5, 5.41) is 4.13. The molecule has 2 N–H and O–H groups in total. The molecule has 0 aliphatic rings. The highest BCUT2D eigenvalue weighted by atomic mass is 79.9. The predicted molar refractivity (Wildman–Crippen MR) is 75.2 cm³/mol. The summed E-state index contributed by atoms with van der Waals surface area (Å²) in [5.74, 6) is -0.529. The summed E-state index contributed by atoms with van der Waals surface area (Å²) in [7, 11) is 1.29. The van der Waals surface area contributed by atoms with Crippen molar-refractivity contribution in [2.24, 2.45) is 5.73 Å². The van der Waals surface area contributed by atoms with E-state index in [2.05, 4.69) is 30.7 Å². The van der Waals surface area contributed by atoms with E-state index in [1.165, 1.54) is 13.4 Å². The fourth-order valence-electron chi connectivity index (χ4n) is 1.71. The van der Waals surface area contributed by atoms with E-state index < -0.39 is 5.97 Å². The van der Waals surface area contributed by atoms with Gasteiger partial charge in [-0.1, -0.05) is 0 Å². The second-order valence-corrected chi connectivity index (χ2v) is 6.48. The van der Waals surface area contributed by atoms with Gasteiger partial charge in [0.2, 0.25) is 0 Å². The highest BCUT2D eigenvalue weighted by Crippen LogP contribution is 2.30. The van der Waals surface area contributed by atoms with E-state index in [0.29, 0.717) is 0 Å². The zero-order valence-electron chi connectivity index (χ0n) is 10.4. The number of rotatable bonds is 4. The van der Waals surface area contributed by atoms with Crippen LogP contribution in [-0.4, -0.2) is 33.9 Å². The van der Waals surface area contributed by atoms with Gasteiger partial charge in [0, 0.05) is 10.9 Å². The van der Waals surface area contributed by atoms with Crippen LogP contribution >= 0.6 is 27.3 Å². The van der Waals surface area contributed by atoms with Gasteiger partial charge in [-0.25, -0.2) is 14.5 Å². The summed E-state index contributed by atoms with van der Waals surface area (Å²) in [6.07, 6.45) is 1.49. The third-order valence-electron chi connectivity index (χ3n) is 2.55. The third-order valence-corrected chi connectivity index (χ3v) is 4.24. The summed E-state index contributed by atoms with van der Waals surface area (Å²) in [5.41, 5.74) is 6.01. The molecule has 0 saturated carbocycles. The number of methoxy groups -OCH3 is 1. The average Bonchev–Trinajstić information content (AvgIpc) is 2.98. The number of hydrogen-bond acceptors (Lipinski definition) is 6. The Kier molecular flexibility index (Phi) is 4.33. The Hall–Kier alpha value is -1.25. The largest absolute Gasteiger partial charge is 0.463 e. The van der Waals surface area contributed by atoms with Crippen molar-refractivity contribution in [3.8, 4) is 0 Å². The van der Waals surface area contributed by atoms with Gasteiger partial charge >= 0.3 is 5.97 Å². The van der Waals surface area contributed by atoms with Gasteiger partial charge in [-0.15, -0.1) is 16.4 Å². The van der Waals surface area contributed by atoms with Gasteiger partial charge in [-0.05, 0) is 35.0 Å². The van der Waals surface area contributed by atoms with E-state index in [4.69, 9.17) is 5.73 Å². The van der Waals surface area contributed by atoms with Crippen LogP contribution in [0, 0.1) is 0 Å². The molecule has 102 valence electrons. The molecule has 8 heteroatoms. The van der Waals surface area contributed by atoms with Crippen LogP contribution in [-0.2, 0) is 4.74 Å². The first-order valence-corrected chi connectivity index (χ1v) is 7.14. The molecular weight excluding hydrogens is 332 g/mol. The van der Waals surface area contributed by atoms with Crippen molar-refractivity contribution in [1.82, 2.24) is 14.8 Å². The topological polar surface area (TPSA) is 83.0 Å². The van der Waals surface area contributed by atoms with E-state index >= 15 is 0 Å². The summed E-state index contributed by atoms with van der Waals surface area (Å²) < 4.78 is 7.19. The smallest absolute Gasteiger partial charge is 0.377 e. The summed E-state index contributed by atoms with van der Waals surface area (Å²) >= 11 is 4.99. The molecule has 0 aromatic carbocycles. The van der Waals surface area contributed by atoms with Gasteiger partial charge in [0.1, 0.15) is 12.4 Å². The third kappa shape index (κ3) is 3.02. The van der Waals surface area contributed by atoms with E-state index in [0.717, 1.165) is 8.66 Å². The molecule has 0 aliphatic carbocycles. The first-order chi connectivity index (χ1) is 9.02. The van der Waals surface area contributed by atoms with Crippen LogP contribution in [0.1, 0.15) is 28.5 Å². The van der Waals surface area contributed by atoms with Crippen LogP contribution in [0.5, 0.6) is 0 Å². The lowest BCUT2D eigenvalue weighted by molar-refractivity contribution is 0.0586. The Morgan fingerprint density at radius 2 is 2.32 bits per heavy atom. The van der Waals surface area contributed by atoms with Crippen molar-refractivity contribution >= 4 is 33.2 Å². The summed E-state index contributed by atoms with van der Waals surface area (Å²) in [4.78, 5) is 16.3. The molecule has 0 saturated heterocycles. The minimum atomic E-state index is -0.561. The minimum Gasteiger partial charge on any atom is -0.463 e. The number of esters is 1. The molecule has 6 nitrogen and oxygen atoms in total. The van der Waals surface area contributed by atoms with Gasteiger partial charge < -0.3 is 10.5 Å². The van der Waals surface area contributed by atoms with E-state index in [1.807, 2.05) is 19.1 Å². The Bertz CT molecular complexity index is 581. The first kappa shape index (κ1) is 14.2. The molecule has 0 fully saturated rings. The van der Waals surface area contributed by atoms with Crippen LogP contribution in [0.3, 0.4) is 0 Å². The Labute approximate surface area is 122 Å². The molecule has 2 aromatic heterocycles. The lowest BCUT2D eigenvalue weighted by Crippen LogP contribution is -2.30. The average molecular weight is 345 g/mol. The SMILES string of the molecule is COC(=O)c1ncn(C(c2ccc(Br)s2)C(C)N)n1. The van der Waals surface area contributed by atoms with Gasteiger partial charge in [0.15, 0.2) is 0 Å². The normalized spacial score (nSPS) is 14.1. The van der Waals surface area contributed by atoms with Crippen LogP contribution in [0.2, 0.25) is 0 Å². The molecular formula is C11H13BrN4O2S. The second-order valence-electron chi connectivity index (χ2n) is 3.99. The predicted octanol–water partition coefficient (Wildman–Crippen LogP) is 1.83. The van der Waals surface area contributed by atoms with Crippen molar-refractivity contribution in [1.29, 1.82) is 0 Å². The number of ether oxygens (including phenoxy) is 1. The van der Waals surface area contributed by atoms with Gasteiger partial charge in [-0.2, -0.15) is 0 Å². The second kappa shape index (κ2) is 5.81. The maximum atomic E-state index is 11.4. The number of hydrogen-bond donors (Lipinski definition) is 1. The molecule has 0 aliphatic heterocycles. The Balaban J connectivity index is 2.35. The molecule has 0 spiro atoms. The molecule has 0 bridgehead atoms. The Morgan fingerprint density at radius 3 is 2.84 bits per heavy atom. The molecule has 2 atom stereocenters. The number of nitrogens with zero attached hydrogens (tertiary/aromatic N) is 3. The summed E-state index contributed by atoms with van der Waals surface area (Å²) in [6, 6.07) is 3.59. The van der Waals surface area contributed by atoms with Crippen molar-refractivity contribution in [3.63, 3.8) is 0 Å². The van der Waals surface area contributed by atoms with Gasteiger partial charge in [0.05, 0.1) is 10.9 Å². The number of carbonyl (C=O) groups is 1. The quantitative estimate of drug-likeness (QED) is 0.855. The van der Waals surface area contributed by atoms with Gasteiger partial charge in [-0.3, -0.25) is 0 Å². The van der Waals surface area contributed by atoms with Gasteiger partial charge in [0.25, 0.3) is 5.82 Å². The molecule has 0 radical (unpaired) electrons. The van der Waals surface area contributed by atoms with Crippen molar-refractivity contribution < 1.29 is 9.53 Å². The standard InChI is InChI=1S/C11H13BrN4O2S/c1-6(13)9(7-3-4-8(12)19-7)16-5-14-10(15-16)11(17)18-2/h3-6,9H,13H2,1-2H3. The number of carbonyl (C=O) groups excluding carboxylic acids is 1. The molecule has 2 unspecified atom stereocenters. The fourth-order valence-corrected chi connectivity index (χ4v) is 3.34. The number of nitrogens with two attached hydrogens (primary N) is 1. The molecule has 2 aromatic rings.